The third-order valence-corrected chi connectivity index (χ3v) is 4.92. The Hall–Kier alpha value is -0.983. The Morgan fingerprint density at radius 2 is 2.05 bits per heavy atom. The van der Waals surface area contributed by atoms with E-state index in [2.05, 4.69) is 61.5 Å². The number of hydrogen-bond donors (Lipinski definition) is 0. The first kappa shape index (κ1) is 15.9. The zero-order valence-electron chi connectivity index (χ0n) is 13.7. The first-order valence-corrected chi connectivity index (χ1v) is 11.4. The second kappa shape index (κ2) is 6.26. The Morgan fingerprint density at radius 3 is 2.68 bits per heavy atom. The smallest absolute Gasteiger partial charge is 0.215 e. The summed E-state index contributed by atoms with van der Waals surface area (Å²) in [7, 11) is -1.69. The van der Waals surface area contributed by atoms with Crippen LogP contribution in [0.2, 0.25) is 19.6 Å². The van der Waals surface area contributed by atoms with Crippen molar-refractivity contribution in [2.24, 2.45) is 5.92 Å². The number of hydroxylamine groups is 2. The maximum absolute atomic E-state index is 6.19. The van der Waals surface area contributed by atoms with Gasteiger partial charge in [-0.25, -0.2) is 0 Å². The first-order chi connectivity index (χ1) is 10.5. The standard InChI is InChI=1S/C17H26N2O2Si/c1-5-11-18-12-15-13-20-19(21-22(2,3)4)17(15)16(18)14-9-7-6-8-10-14/h5-10,15-17H,1,11-13H2,2-4H3/t15-,16-,17?/m0/s1. The highest BCUT2D eigenvalue weighted by Gasteiger charge is 2.51. The van der Waals surface area contributed by atoms with Gasteiger partial charge < -0.3 is 4.53 Å². The molecule has 2 saturated heterocycles. The first-order valence-electron chi connectivity index (χ1n) is 8.01. The normalized spacial score (nSPS) is 29.7. The molecular formula is C17H26N2O2Si. The summed E-state index contributed by atoms with van der Waals surface area (Å²) in [5.41, 5.74) is 1.33. The average molecular weight is 318 g/mol. The van der Waals surface area contributed by atoms with Gasteiger partial charge in [-0.2, -0.15) is 0 Å². The Morgan fingerprint density at radius 1 is 1.32 bits per heavy atom. The van der Waals surface area contributed by atoms with Crippen molar-refractivity contribution >= 4 is 8.32 Å². The quantitative estimate of drug-likeness (QED) is 0.615. The number of rotatable bonds is 5. The van der Waals surface area contributed by atoms with Crippen LogP contribution in [0.5, 0.6) is 0 Å². The molecule has 5 heteroatoms. The van der Waals surface area contributed by atoms with Gasteiger partial charge >= 0.3 is 0 Å². The molecule has 3 atom stereocenters. The lowest BCUT2D eigenvalue weighted by Gasteiger charge is -2.34. The van der Waals surface area contributed by atoms with Crippen molar-refractivity contribution in [1.82, 2.24) is 10.1 Å². The largest absolute Gasteiger partial charge is 0.321 e. The summed E-state index contributed by atoms with van der Waals surface area (Å²) in [6.45, 7) is 13.2. The van der Waals surface area contributed by atoms with E-state index < -0.39 is 8.32 Å². The zero-order chi connectivity index (χ0) is 15.7. The van der Waals surface area contributed by atoms with Crippen LogP contribution in [0, 0.1) is 5.92 Å². The molecule has 0 aliphatic carbocycles. The molecule has 0 radical (unpaired) electrons. The summed E-state index contributed by atoms with van der Waals surface area (Å²) in [6, 6.07) is 11.2. The van der Waals surface area contributed by atoms with E-state index in [4.69, 9.17) is 9.36 Å². The fraction of sp³-hybridized carbons (Fsp3) is 0.529. The Balaban J connectivity index is 1.89. The summed E-state index contributed by atoms with van der Waals surface area (Å²) >= 11 is 0. The fourth-order valence-electron chi connectivity index (χ4n) is 3.46. The minimum atomic E-state index is -1.69. The van der Waals surface area contributed by atoms with Crippen LogP contribution in [0.1, 0.15) is 11.6 Å². The fourth-order valence-corrected chi connectivity index (χ4v) is 4.17. The van der Waals surface area contributed by atoms with Crippen LogP contribution >= 0.6 is 0 Å². The van der Waals surface area contributed by atoms with Gasteiger partial charge in [-0.15, -0.1) is 6.58 Å². The molecule has 22 heavy (non-hydrogen) atoms. The van der Waals surface area contributed by atoms with Crippen LogP contribution < -0.4 is 0 Å². The monoisotopic (exact) mass is 318 g/mol. The highest BCUT2D eigenvalue weighted by Crippen LogP contribution is 2.43. The van der Waals surface area contributed by atoms with Crippen molar-refractivity contribution in [2.45, 2.75) is 31.7 Å². The molecule has 0 N–H and O–H groups in total. The van der Waals surface area contributed by atoms with Crippen molar-refractivity contribution in [3.8, 4) is 0 Å². The summed E-state index contributed by atoms with van der Waals surface area (Å²) in [4.78, 5) is 8.35. The summed E-state index contributed by atoms with van der Waals surface area (Å²) in [5.74, 6) is 0.488. The third kappa shape index (κ3) is 3.19. The molecule has 1 aromatic carbocycles. The zero-order valence-corrected chi connectivity index (χ0v) is 14.7. The number of hydrogen-bond acceptors (Lipinski definition) is 4. The molecule has 4 nitrogen and oxygen atoms in total. The minimum absolute atomic E-state index is 0.258. The van der Waals surface area contributed by atoms with E-state index in [0.717, 1.165) is 19.7 Å². The SMILES string of the molecule is C=CCN1C[C@H]2CON(O[Si](C)(C)C)C2[C@@H]1c1ccccc1. The second-order valence-electron chi connectivity index (χ2n) is 7.13. The Kier molecular flexibility index (Phi) is 4.52. The van der Waals surface area contributed by atoms with E-state index in [1.165, 1.54) is 5.56 Å². The van der Waals surface area contributed by atoms with Gasteiger partial charge in [-0.1, -0.05) is 41.6 Å². The highest BCUT2D eigenvalue weighted by molar-refractivity contribution is 6.69. The number of fused-ring (bicyclic) bond motifs is 1. The van der Waals surface area contributed by atoms with Gasteiger partial charge in [-0.3, -0.25) is 9.74 Å². The van der Waals surface area contributed by atoms with Gasteiger partial charge in [0.2, 0.25) is 8.32 Å². The van der Waals surface area contributed by atoms with E-state index in [1.54, 1.807) is 0 Å². The molecule has 1 aromatic rings. The molecule has 0 spiro atoms. The van der Waals surface area contributed by atoms with Gasteiger partial charge in [0, 0.05) is 19.0 Å². The molecule has 2 aliphatic rings. The molecule has 2 heterocycles. The third-order valence-electron chi connectivity index (χ3n) is 4.20. The summed E-state index contributed by atoms with van der Waals surface area (Å²) < 4.78 is 6.19. The van der Waals surface area contributed by atoms with E-state index in [1.807, 2.05) is 11.3 Å². The second-order valence-corrected chi connectivity index (χ2v) is 11.5. The van der Waals surface area contributed by atoms with Crippen molar-refractivity contribution in [1.29, 1.82) is 0 Å². The molecular weight excluding hydrogens is 292 g/mol. The molecule has 0 amide bonds. The number of likely N-dealkylation sites (tertiary alicyclic amines) is 1. The van der Waals surface area contributed by atoms with Crippen molar-refractivity contribution in [3.05, 3.63) is 48.6 Å². The van der Waals surface area contributed by atoms with Crippen LogP contribution in [-0.2, 0) is 9.36 Å². The predicted molar refractivity (Wildman–Crippen MR) is 90.5 cm³/mol. The molecule has 3 rings (SSSR count). The van der Waals surface area contributed by atoms with Crippen LogP contribution in [0.15, 0.2) is 43.0 Å². The van der Waals surface area contributed by atoms with E-state index in [-0.39, 0.29) is 6.04 Å². The van der Waals surface area contributed by atoms with Crippen molar-refractivity contribution in [3.63, 3.8) is 0 Å². The maximum Gasteiger partial charge on any atom is 0.215 e. The van der Waals surface area contributed by atoms with E-state index in [0.29, 0.717) is 12.0 Å². The van der Waals surface area contributed by atoms with E-state index in [9.17, 15) is 0 Å². The van der Waals surface area contributed by atoms with Crippen molar-refractivity contribution in [2.75, 3.05) is 19.7 Å². The van der Waals surface area contributed by atoms with Gasteiger partial charge in [0.15, 0.2) is 0 Å². The highest BCUT2D eigenvalue weighted by atomic mass is 28.4. The summed E-state index contributed by atoms with van der Waals surface area (Å²) in [5, 5.41) is 1.82. The van der Waals surface area contributed by atoms with Crippen LogP contribution in [0.3, 0.4) is 0 Å². The molecule has 2 fully saturated rings. The topological polar surface area (TPSA) is 24.9 Å². The van der Waals surface area contributed by atoms with Crippen LogP contribution in [0.4, 0.5) is 0 Å². The predicted octanol–water partition coefficient (Wildman–Crippen LogP) is 3.23. The molecule has 120 valence electrons. The molecule has 2 aliphatic heterocycles. The maximum atomic E-state index is 6.19. The molecule has 0 aromatic heterocycles. The molecule has 1 unspecified atom stereocenters. The Labute approximate surface area is 134 Å². The van der Waals surface area contributed by atoms with E-state index >= 15 is 0 Å². The van der Waals surface area contributed by atoms with Gasteiger partial charge in [-0.05, 0) is 25.2 Å². The lowest BCUT2D eigenvalue weighted by atomic mass is 9.95. The van der Waals surface area contributed by atoms with Gasteiger partial charge in [0.25, 0.3) is 0 Å². The Bertz CT molecular complexity index is 517. The summed E-state index contributed by atoms with van der Waals surface area (Å²) in [6.07, 6.45) is 1.99. The van der Waals surface area contributed by atoms with Gasteiger partial charge in [0.05, 0.1) is 18.7 Å². The average Bonchev–Trinajstić information content (AvgIpc) is 2.99. The van der Waals surface area contributed by atoms with Crippen LogP contribution in [-0.4, -0.2) is 44.2 Å². The number of nitrogens with zero attached hydrogens (tertiary/aromatic N) is 2. The van der Waals surface area contributed by atoms with Gasteiger partial charge in [0.1, 0.15) is 0 Å². The molecule has 0 saturated carbocycles. The minimum Gasteiger partial charge on any atom is -0.321 e. The van der Waals surface area contributed by atoms with Crippen molar-refractivity contribution < 1.29 is 9.36 Å². The molecule has 0 bridgehead atoms. The number of benzene rings is 1. The lowest BCUT2D eigenvalue weighted by molar-refractivity contribution is -0.316. The van der Waals surface area contributed by atoms with Crippen LogP contribution in [0.25, 0.3) is 0 Å². The lowest BCUT2D eigenvalue weighted by Crippen LogP contribution is -2.43.